The van der Waals surface area contributed by atoms with E-state index < -0.39 is 5.82 Å². The van der Waals surface area contributed by atoms with Crippen LogP contribution >= 0.6 is 0 Å². The first kappa shape index (κ1) is 16.5. The Balaban J connectivity index is 2.13. The Morgan fingerprint density at radius 1 is 1.05 bits per heavy atom. The first-order chi connectivity index (χ1) is 9.79. The van der Waals surface area contributed by atoms with Crippen molar-refractivity contribution < 1.29 is 4.39 Å². The smallest absolute Gasteiger partial charge is 0.143 e. The Labute approximate surface area is 122 Å². The maximum atomic E-state index is 13.4. The first-order valence-corrected chi connectivity index (χ1v) is 7.72. The van der Waals surface area contributed by atoms with E-state index in [0.29, 0.717) is 5.69 Å². The number of anilines is 1. The van der Waals surface area contributed by atoms with Gasteiger partial charge >= 0.3 is 0 Å². The van der Waals surface area contributed by atoms with E-state index in [2.05, 4.69) is 12.2 Å². The lowest BCUT2D eigenvalue weighted by molar-refractivity contribution is 0.581. The number of nitriles is 1. The molecule has 0 aliphatic heterocycles. The van der Waals surface area contributed by atoms with Gasteiger partial charge in [0.1, 0.15) is 17.4 Å². The summed E-state index contributed by atoms with van der Waals surface area (Å²) in [5.41, 5.74) is 0.725. The Hall–Kier alpha value is -1.56. The Morgan fingerprint density at radius 3 is 2.35 bits per heavy atom. The molecule has 1 aromatic rings. The second-order valence-electron chi connectivity index (χ2n) is 5.18. The molecule has 3 heteroatoms. The number of nitrogens with zero attached hydrogens (tertiary/aromatic N) is 1. The van der Waals surface area contributed by atoms with Crippen molar-refractivity contribution in [3.63, 3.8) is 0 Å². The minimum absolute atomic E-state index is 0.118. The molecule has 20 heavy (non-hydrogen) atoms. The molecule has 0 amide bonds. The molecule has 0 unspecified atom stereocenters. The fourth-order valence-electron chi connectivity index (χ4n) is 2.27. The fourth-order valence-corrected chi connectivity index (χ4v) is 2.27. The second kappa shape index (κ2) is 10.3. The summed E-state index contributed by atoms with van der Waals surface area (Å²) in [6.07, 6.45) is 10.2. The normalized spacial score (nSPS) is 10.2. The van der Waals surface area contributed by atoms with Crippen molar-refractivity contribution in [2.75, 3.05) is 11.9 Å². The molecule has 0 heterocycles. The molecule has 0 fully saturated rings. The van der Waals surface area contributed by atoms with Crippen LogP contribution in [-0.4, -0.2) is 6.54 Å². The minimum atomic E-state index is -0.451. The van der Waals surface area contributed by atoms with Crippen LogP contribution in [0.4, 0.5) is 10.1 Å². The van der Waals surface area contributed by atoms with E-state index >= 15 is 0 Å². The maximum Gasteiger partial charge on any atom is 0.143 e. The third kappa shape index (κ3) is 6.06. The van der Waals surface area contributed by atoms with Gasteiger partial charge in [-0.3, -0.25) is 0 Å². The van der Waals surface area contributed by atoms with E-state index in [1.807, 2.05) is 6.07 Å². The number of nitrogens with one attached hydrogen (secondary N) is 1. The van der Waals surface area contributed by atoms with Crippen molar-refractivity contribution in [3.05, 3.63) is 29.6 Å². The predicted molar refractivity (Wildman–Crippen MR) is 82.2 cm³/mol. The molecule has 1 N–H and O–H groups in total. The van der Waals surface area contributed by atoms with E-state index in [4.69, 9.17) is 5.26 Å². The molecule has 0 saturated carbocycles. The van der Waals surface area contributed by atoms with Crippen LogP contribution in [0.3, 0.4) is 0 Å². The van der Waals surface area contributed by atoms with Gasteiger partial charge in [-0.05, 0) is 18.6 Å². The van der Waals surface area contributed by atoms with Crippen LogP contribution in [0, 0.1) is 17.1 Å². The number of hydrogen-bond donors (Lipinski definition) is 1. The van der Waals surface area contributed by atoms with Gasteiger partial charge in [-0.15, -0.1) is 0 Å². The molecule has 1 rings (SSSR count). The second-order valence-corrected chi connectivity index (χ2v) is 5.18. The number of rotatable bonds is 10. The molecule has 0 radical (unpaired) electrons. The van der Waals surface area contributed by atoms with Crippen LogP contribution in [-0.2, 0) is 0 Å². The van der Waals surface area contributed by atoms with Crippen molar-refractivity contribution in [3.8, 4) is 6.07 Å². The van der Waals surface area contributed by atoms with Crippen LogP contribution in [0.5, 0.6) is 0 Å². The molecule has 110 valence electrons. The van der Waals surface area contributed by atoms with Gasteiger partial charge in [0.2, 0.25) is 0 Å². The third-order valence-corrected chi connectivity index (χ3v) is 3.47. The molecule has 0 bridgehead atoms. The topological polar surface area (TPSA) is 35.8 Å². The molecule has 1 aromatic carbocycles. The van der Waals surface area contributed by atoms with Crippen LogP contribution in [0.1, 0.15) is 63.9 Å². The molecule has 0 aliphatic rings. The Morgan fingerprint density at radius 2 is 1.70 bits per heavy atom. The van der Waals surface area contributed by atoms with Crippen LogP contribution in [0.25, 0.3) is 0 Å². The van der Waals surface area contributed by atoms with E-state index in [1.165, 1.54) is 51.0 Å². The number of hydrogen-bond acceptors (Lipinski definition) is 2. The molecule has 0 spiro atoms. The summed E-state index contributed by atoms with van der Waals surface area (Å²) in [5, 5.41) is 12.1. The molecule has 0 aliphatic carbocycles. The molecule has 0 saturated heterocycles. The van der Waals surface area contributed by atoms with Gasteiger partial charge in [0.25, 0.3) is 0 Å². The number of benzene rings is 1. The van der Waals surface area contributed by atoms with E-state index in [-0.39, 0.29) is 5.56 Å². The third-order valence-electron chi connectivity index (χ3n) is 3.47. The fraction of sp³-hybridized carbons (Fsp3) is 0.588. The van der Waals surface area contributed by atoms with Gasteiger partial charge in [-0.2, -0.15) is 5.26 Å². The van der Waals surface area contributed by atoms with Gasteiger partial charge in [-0.25, -0.2) is 4.39 Å². The highest BCUT2D eigenvalue weighted by atomic mass is 19.1. The van der Waals surface area contributed by atoms with Crippen LogP contribution < -0.4 is 5.32 Å². The Kier molecular flexibility index (Phi) is 8.46. The van der Waals surface area contributed by atoms with Gasteiger partial charge in [0.15, 0.2) is 0 Å². The number of unbranched alkanes of at least 4 members (excludes halogenated alkanes) is 7. The highest BCUT2D eigenvalue weighted by Crippen LogP contribution is 2.18. The average molecular weight is 276 g/mol. The molecule has 0 aromatic heterocycles. The zero-order valence-electron chi connectivity index (χ0n) is 12.4. The lowest BCUT2D eigenvalue weighted by atomic mass is 10.1. The largest absolute Gasteiger partial charge is 0.384 e. The summed E-state index contributed by atoms with van der Waals surface area (Å²) in [6, 6.07) is 6.61. The highest BCUT2D eigenvalue weighted by molar-refractivity contribution is 5.57. The monoisotopic (exact) mass is 276 g/mol. The van der Waals surface area contributed by atoms with Crippen molar-refractivity contribution in [2.45, 2.75) is 58.3 Å². The van der Waals surface area contributed by atoms with Gasteiger partial charge in [0.05, 0.1) is 5.69 Å². The SMILES string of the molecule is CCCCCCCCCCNc1cccc(F)c1C#N. The minimum Gasteiger partial charge on any atom is -0.384 e. The van der Waals surface area contributed by atoms with Crippen molar-refractivity contribution in [1.29, 1.82) is 5.26 Å². The number of halogens is 1. The van der Waals surface area contributed by atoms with E-state index in [9.17, 15) is 4.39 Å². The van der Waals surface area contributed by atoms with Gasteiger partial charge in [-0.1, -0.05) is 57.9 Å². The predicted octanol–water partition coefficient (Wildman–Crippen LogP) is 5.25. The molecular weight excluding hydrogens is 251 g/mol. The van der Waals surface area contributed by atoms with E-state index in [0.717, 1.165) is 13.0 Å². The summed E-state index contributed by atoms with van der Waals surface area (Å²) in [7, 11) is 0. The zero-order valence-corrected chi connectivity index (χ0v) is 12.4. The van der Waals surface area contributed by atoms with Crippen molar-refractivity contribution in [1.82, 2.24) is 0 Å². The summed E-state index contributed by atoms with van der Waals surface area (Å²) in [4.78, 5) is 0. The van der Waals surface area contributed by atoms with Crippen molar-refractivity contribution in [2.24, 2.45) is 0 Å². The molecule has 2 nitrogen and oxygen atoms in total. The Bertz CT molecular complexity index is 423. The van der Waals surface area contributed by atoms with Crippen LogP contribution in [0.15, 0.2) is 18.2 Å². The lowest BCUT2D eigenvalue weighted by Gasteiger charge is -2.08. The molecular formula is C17H25FN2. The summed E-state index contributed by atoms with van der Waals surface area (Å²) < 4.78 is 13.4. The maximum absolute atomic E-state index is 13.4. The first-order valence-electron chi connectivity index (χ1n) is 7.72. The van der Waals surface area contributed by atoms with Gasteiger partial charge in [0, 0.05) is 6.54 Å². The summed E-state index contributed by atoms with van der Waals surface area (Å²) in [5.74, 6) is -0.451. The van der Waals surface area contributed by atoms with Crippen LogP contribution in [0.2, 0.25) is 0 Å². The highest BCUT2D eigenvalue weighted by Gasteiger charge is 2.06. The standard InChI is InChI=1S/C17H25FN2/c1-2-3-4-5-6-7-8-9-13-20-17-12-10-11-16(18)15(17)14-19/h10-12,20H,2-9,13H2,1H3. The molecule has 0 atom stereocenters. The quantitative estimate of drug-likeness (QED) is 0.592. The van der Waals surface area contributed by atoms with E-state index in [1.54, 1.807) is 12.1 Å². The summed E-state index contributed by atoms with van der Waals surface area (Å²) >= 11 is 0. The van der Waals surface area contributed by atoms with Gasteiger partial charge < -0.3 is 5.32 Å². The zero-order chi connectivity index (χ0) is 14.6. The lowest BCUT2D eigenvalue weighted by Crippen LogP contribution is -2.04. The average Bonchev–Trinajstić information content (AvgIpc) is 2.45. The summed E-state index contributed by atoms with van der Waals surface area (Å²) in [6.45, 7) is 3.03. The van der Waals surface area contributed by atoms with Crippen molar-refractivity contribution >= 4 is 5.69 Å².